The molecular formula is C19H21N3OS. The number of aryl methyl sites for hydroxylation is 1. The number of thiazole rings is 1. The standard InChI is InChI=1S/C19H21N3OS/c1-13-3-5-15(6-4-13)16-11-22-17(12-24-19(22)20-16)18(23)21-9-7-14(2)8-10-21/h3-6,11-12,14H,7-10H2,1-2H3. The molecule has 4 rings (SSSR count). The van der Waals surface area contributed by atoms with Crippen molar-refractivity contribution in [3.63, 3.8) is 0 Å². The zero-order chi connectivity index (χ0) is 16.7. The molecule has 0 atom stereocenters. The summed E-state index contributed by atoms with van der Waals surface area (Å²) in [6.07, 6.45) is 4.17. The second-order valence-electron chi connectivity index (χ2n) is 6.74. The van der Waals surface area contributed by atoms with E-state index in [0.717, 1.165) is 53.8 Å². The third-order valence-electron chi connectivity index (χ3n) is 4.85. The molecule has 0 unspecified atom stereocenters. The van der Waals surface area contributed by atoms with Gasteiger partial charge in [0.25, 0.3) is 5.91 Å². The van der Waals surface area contributed by atoms with Crippen LogP contribution in [0.2, 0.25) is 0 Å². The van der Waals surface area contributed by atoms with Gasteiger partial charge >= 0.3 is 0 Å². The first-order chi connectivity index (χ1) is 11.6. The number of rotatable bonds is 2. The summed E-state index contributed by atoms with van der Waals surface area (Å²) in [6.45, 7) is 6.05. The van der Waals surface area contributed by atoms with Gasteiger partial charge in [-0.2, -0.15) is 0 Å². The maximum Gasteiger partial charge on any atom is 0.271 e. The van der Waals surface area contributed by atoms with Crippen molar-refractivity contribution in [2.24, 2.45) is 5.92 Å². The van der Waals surface area contributed by atoms with Crippen LogP contribution in [0.5, 0.6) is 0 Å². The van der Waals surface area contributed by atoms with Gasteiger partial charge in [-0.3, -0.25) is 9.20 Å². The minimum Gasteiger partial charge on any atom is -0.337 e. The number of nitrogens with zero attached hydrogens (tertiary/aromatic N) is 3. The van der Waals surface area contributed by atoms with Gasteiger partial charge in [0.2, 0.25) is 0 Å². The molecule has 1 amide bonds. The Kier molecular flexibility index (Phi) is 3.88. The molecule has 1 aliphatic heterocycles. The van der Waals surface area contributed by atoms with E-state index in [4.69, 9.17) is 0 Å². The van der Waals surface area contributed by atoms with Crippen LogP contribution in [0.1, 0.15) is 35.8 Å². The Morgan fingerprint density at radius 3 is 2.62 bits per heavy atom. The van der Waals surface area contributed by atoms with E-state index in [1.54, 1.807) is 0 Å². The largest absolute Gasteiger partial charge is 0.337 e. The lowest BCUT2D eigenvalue weighted by Gasteiger charge is -2.30. The first-order valence-electron chi connectivity index (χ1n) is 8.45. The van der Waals surface area contributed by atoms with E-state index < -0.39 is 0 Å². The Bertz CT molecular complexity index is 870. The summed E-state index contributed by atoms with van der Waals surface area (Å²) in [5, 5.41) is 1.93. The van der Waals surface area contributed by atoms with Crippen LogP contribution < -0.4 is 0 Å². The topological polar surface area (TPSA) is 37.6 Å². The summed E-state index contributed by atoms with van der Waals surface area (Å²) in [5.74, 6) is 0.846. The molecule has 0 spiro atoms. The normalized spacial score (nSPS) is 16.0. The quantitative estimate of drug-likeness (QED) is 0.700. The zero-order valence-corrected chi connectivity index (χ0v) is 14.8. The fourth-order valence-electron chi connectivity index (χ4n) is 3.17. The molecule has 0 radical (unpaired) electrons. The Morgan fingerprint density at radius 1 is 1.21 bits per heavy atom. The average Bonchev–Trinajstić information content (AvgIpc) is 3.16. The lowest BCUT2D eigenvalue weighted by Crippen LogP contribution is -2.38. The van der Waals surface area contributed by atoms with Crippen molar-refractivity contribution in [1.29, 1.82) is 0 Å². The van der Waals surface area contributed by atoms with Crippen molar-refractivity contribution in [3.8, 4) is 11.3 Å². The van der Waals surface area contributed by atoms with Gasteiger partial charge in [0.1, 0.15) is 5.69 Å². The minimum atomic E-state index is 0.126. The fourth-order valence-corrected chi connectivity index (χ4v) is 4.02. The van der Waals surface area contributed by atoms with E-state index >= 15 is 0 Å². The lowest BCUT2D eigenvalue weighted by molar-refractivity contribution is 0.0690. The van der Waals surface area contributed by atoms with Crippen LogP contribution in [0, 0.1) is 12.8 Å². The molecule has 1 saturated heterocycles. The number of aromatic nitrogens is 2. The molecule has 1 aliphatic rings. The van der Waals surface area contributed by atoms with Crippen LogP contribution in [0.15, 0.2) is 35.8 Å². The van der Waals surface area contributed by atoms with E-state index in [0.29, 0.717) is 0 Å². The average molecular weight is 339 g/mol. The predicted octanol–water partition coefficient (Wildman–Crippen LogP) is 4.24. The van der Waals surface area contributed by atoms with Crippen molar-refractivity contribution in [2.45, 2.75) is 26.7 Å². The molecule has 4 nitrogen and oxygen atoms in total. The summed E-state index contributed by atoms with van der Waals surface area (Å²) in [6, 6.07) is 8.33. The van der Waals surface area contributed by atoms with Crippen molar-refractivity contribution >= 4 is 22.2 Å². The number of carbonyl (C=O) groups is 1. The van der Waals surface area contributed by atoms with Crippen LogP contribution >= 0.6 is 11.3 Å². The summed E-state index contributed by atoms with van der Waals surface area (Å²) in [4.78, 5) is 20.4. The van der Waals surface area contributed by atoms with E-state index in [-0.39, 0.29) is 5.91 Å². The molecule has 0 bridgehead atoms. The first-order valence-corrected chi connectivity index (χ1v) is 9.32. The maximum atomic E-state index is 12.9. The molecule has 24 heavy (non-hydrogen) atoms. The third kappa shape index (κ3) is 2.73. The molecule has 1 aromatic carbocycles. The van der Waals surface area contributed by atoms with Crippen molar-refractivity contribution in [3.05, 3.63) is 47.1 Å². The second kappa shape index (κ2) is 6.06. The molecule has 5 heteroatoms. The zero-order valence-electron chi connectivity index (χ0n) is 14.0. The highest BCUT2D eigenvalue weighted by atomic mass is 32.1. The number of piperidine rings is 1. The number of fused-ring (bicyclic) bond motifs is 1. The highest BCUT2D eigenvalue weighted by molar-refractivity contribution is 7.15. The van der Waals surface area contributed by atoms with E-state index in [2.05, 4.69) is 43.1 Å². The Balaban J connectivity index is 1.65. The number of benzene rings is 1. The number of carbonyl (C=O) groups excluding carboxylic acids is 1. The van der Waals surface area contributed by atoms with Gasteiger partial charge in [0.05, 0.1) is 5.69 Å². The van der Waals surface area contributed by atoms with Crippen molar-refractivity contribution in [1.82, 2.24) is 14.3 Å². The summed E-state index contributed by atoms with van der Waals surface area (Å²) in [7, 11) is 0. The fraction of sp³-hybridized carbons (Fsp3) is 0.368. The number of amides is 1. The molecule has 3 aromatic rings. The highest BCUT2D eigenvalue weighted by Gasteiger charge is 2.24. The Morgan fingerprint density at radius 2 is 1.92 bits per heavy atom. The van der Waals surface area contributed by atoms with Crippen LogP contribution in [0.4, 0.5) is 0 Å². The summed E-state index contributed by atoms with van der Waals surface area (Å²) in [5.41, 5.74) is 3.97. The highest BCUT2D eigenvalue weighted by Crippen LogP contribution is 2.26. The number of likely N-dealkylation sites (tertiary alicyclic amines) is 1. The smallest absolute Gasteiger partial charge is 0.271 e. The number of hydrogen-bond acceptors (Lipinski definition) is 3. The van der Waals surface area contributed by atoms with E-state index in [9.17, 15) is 4.79 Å². The van der Waals surface area contributed by atoms with Crippen molar-refractivity contribution in [2.75, 3.05) is 13.1 Å². The molecule has 1 fully saturated rings. The number of imidazole rings is 1. The third-order valence-corrected chi connectivity index (χ3v) is 5.69. The van der Waals surface area contributed by atoms with E-state index in [1.807, 2.05) is 20.9 Å². The molecule has 124 valence electrons. The Labute approximate surface area is 145 Å². The molecule has 2 aromatic heterocycles. The minimum absolute atomic E-state index is 0.126. The SMILES string of the molecule is Cc1ccc(-c2cn3c(C(=O)N4CCC(C)CC4)csc3n2)cc1. The maximum absolute atomic E-state index is 12.9. The Hall–Kier alpha value is -2.14. The molecular weight excluding hydrogens is 318 g/mol. The number of hydrogen-bond donors (Lipinski definition) is 0. The van der Waals surface area contributed by atoms with Gasteiger partial charge < -0.3 is 4.90 Å². The van der Waals surface area contributed by atoms with Gasteiger partial charge in [-0.15, -0.1) is 11.3 Å². The summed E-state index contributed by atoms with van der Waals surface area (Å²) < 4.78 is 1.94. The first kappa shape index (κ1) is 15.4. The molecule has 3 heterocycles. The van der Waals surface area contributed by atoms with Gasteiger partial charge in [-0.1, -0.05) is 36.8 Å². The molecule has 0 N–H and O–H groups in total. The van der Waals surface area contributed by atoms with Gasteiger partial charge in [-0.05, 0) is 25.7 Å². The van der Waals surface area contributed by atoms with Crippen LogP contribution in [0.25, 0.3) is 16.2 Å². The summed E-state index contributed by atoms with van der Waals surface area (Å²) >= 11 is 1.53. The van der Waals surface area contributed by atoms with Crippen molar-refractivity contribution < 1.29 is 4.79 Å². The van der Waals surface area contributed by atoms with Crippen LogP contribution in [-0.2, 0) is 0 Å². The lowest BCUT2D eigenvalue weighted by atomic mass is 9.99. The van der Waals surface area contributed by atoms with E-state index in [1.165, 1.54) is 16.9 Å². The molecule has 0 aliphatic carbocycles. The van der Waals surface area contributed by atoms with Gasteiger partial charge in [0.15, 0.2) is 4.96 Å². The van der Waals surface area contributed by atoms with Crippen LogP contribution in [0.3, 0.4) is 0 Å². The molecule has 0 saturated carbocycles. The van der Waals surface area contributed by atoms with Gasteiger partial charge in [0, 0.05) is 30.2 Å². The monoisotopic (exact) mass is 339 g/mol. The van der Waals surface area contributed by atoms with Crippen LogP contribution in [-0.4, -0.2) is 33.3 Å². The van der Waals surface area contributed by atoms with Gasteiger partial charge in [-0.25, -0.2) is 4.98 Å². The predicted molar refractivity (Wildman–Crippen MR) is 97.5 cm³/mol. The second-order valence-corrected chi connectivity index (χ2v) is 7.58.